The fourth-order valence-electron chi connectivity index (χ4n) is 0.897. The van der Waals surface area contributed by atoms with Crippen molar-refractivity contribution in [1.29, 1.82) is 0 Å². The van der Waals surface area contributed by atoms with Crippen LogP contribution in [0.5, 0.6) is 0 Å². The first kappa shape index (κ1) is 9.58. The van der Waals surface area contributed by atoms with E-state index in [-0.39, 0.29) is 0 Å². The molecular formula is C10H14N2O. The quantitative estimate of drug-likeness (QED) is 0.438. The Morgan fingerprint density at radius 3 is 2.69 bits per heavy atom. The van der Waals surface area contributed by atoms with E-state index in [4.69, 9.17) is 4.74 Å². The summed E-state index contributed by atoms with van der Waals surface area (Å²) in [4.78, 5) is 0. The molecule has 1 rings (SSSR count). The summed E-state index contributed by atoms with van der Waals surface area (Å²) in [6.45, 7) is 4.40. The van der Waals surface area contributed by atoms with Gasteiger partial charge in [-0.3, -0.25) is 5.43 Å². The molecule has 0 saturated heterocycles. The van der Waals surface area contributed by atoms with E-state index in [0.29, 0.717) is 12.5 Å². The van der Waals surface area contributed by atoms with E-state index in [1.54, 1.807) is 0 Å². The molecule has 3 heteroatoms. The number of benzene rings is 1. The Morgan fingerprint density at radius 2 is 2.08 bits per heavy atom. The molecule has 1 aromatic carbocycles. The molecule has 0 aromatic heterocycles. The maximum Gasteiger partial charge on any atom is 0.202 e. The number of ether oxygens (including phenoxy) is 1. The first-order valence-electron chi connectivity index (χ1n) is 4.31. The van der Waals surface area contributed by atoms with Gasteiger partial charge in [0, 0.05) is 6.92 Å². The fraction of sp³-hybridized carbons (Fsp3) is 0.300. The highest BCUT2D eigenvalue weighted by Gasteiger charge is 1.89. The molecule has 0 unspecified atom stereocenters. The number of hydrogen-bond donors (Lipinski definition) is 1. The first-order valence-corrected chi connectivity index (χ1v) is 4.31. The van der Waals surface area contributed by atoms with E-state index in [9.17, 15) is 0 Å². The molecule has 0 bridgehead atoms. The molecule has 0 aliphatic carbocycles. The molecule has 0 spiro atoms. The van der Waals surface area contributed by atoms with Crippen LogP contribution in [-0.2, 0) is 4.74 Å². The third-order valence-electron chi connectivity index (χ3n) is 1.47. The lowest BCUT2D eigenvalue weighted by atomic mass is 10.3. The Hall–Kier alpha value is -1.51. The van der Waals surface area contributed by atoms with Crippen LogP contribution in [0.1, 0.15) is 13.8 Å². The molecule has 13 heavy (non-hydrogen) atoms. The van der Waals surface area contributed by atoms with Crippen molar-refractivity contribution in [2.45, 2.75) is 13.8 Å². The SMILES string of the molecule is CCOC(C)=NNc1ccccc1. The molecule has 1 N–H and O–H groups in total. The van der Waals surface area contributed by atoms with Crippen molar-refractivity contribution in [2.24, 2.45) is 5.10 Å². The normalized spacial score (nSPS) is 11.1. The van der Waals surface area contributed by atoms with Gasteiger partial charge in [-0.25, -0.2) is 0 Å². The van der Waals surface area contributed by atoms with Crippen molar-refractivity contribution in [3.8, 4) is 0 Å². The molecular weight excluding hydrogens is 164 g/mol. The highest BCUT2D eigenvalue weighted by atomic mass is 16.5. The Labute approximate surface area is 78.4 Å². The Bertz CT molecular complexity index is 270. The number of hydrogen-bond acceptors (Lipinski definition) is 3. The Balaban J connectivity index is 2.47. The van der Waals surface area contributed by atoms with Gasteiger partial charge in [0.05, 0.1) is 12.3 Å². The second-order valence-corrected chi connectivity index (χ2v) is 2.54. The van der Waals surface area contributed by atoms with Crippen LogP contribution in [0.15, 0.2) is 35.4 Å². The lowest BCUT2D eigenvalue weighted by molar-refractivity contribution is 0.324. The molecule has 0 amide bonds. The molecule has 0 atom stereocenters. The lowest BCUT2D eigenvalue weighted by Crippen LogP contribution is -2.02. The van der Waals surface area contributed by atoms with E-state index in [1.165, 1.54) is 0 Å². The van der Waals surface area contributed by atoms with Gasteiger partial charge in [-0.15, -0.1) is 5.10 Å². The standard InChI is InChI=1S/C10H14N2O/c1-3-13-9(2)11-12-10-7-5-4-6-8-10/h4-8,12H,3H2,1-2H3. The molecule has 0 fully saturated rings. The summed E-state index contributed by atoms with van der Waals surface area (Å²) >= 11 is 0. The van der Waals surface area contributed by atoms with Crippen LogP contribution >= 0.6 is 0 Å². The number of anilines is 1. The van der Waals surface area contributed by atoms with Crippen LogP contribution in [0.2, 0.25) is 0 Å². The van der Waals surface area contributed by atoms with Crippen molar-refractivity contribution < 1.29 is 4.74 Å². The van der Waals surface area contributed by atoms with E-state index >= 15 is 0 Å². The van der Waals surface area contributed by atoms with Crippen molar-refractivity contribution in [3.05, 3.63) is 30.3 Å². The second-order valence-electron chi connectivity index (χ2n) is 2.54. The third kappa shape index (κ3) is 3.60. The van der Waals surface area contributed by atoms with Gasteiger partial charge in [0.1, 0.15) is 0 Å². The predicted octanol–water partition coefficient (Wildman–Crippen LogP) is 2.47. The van der Waals surface area contributed by atoms with Crippen LogP contribution < -0.4 is 5.43 Å². The third-order valence-corrected chi connectivity index (χ3v) is 1.47. The van der Waals surface area contributed by atoms with Gasteiger partial charge < -0.3 is 4.74 Å². The van der Waals surface area contributed by atoms with Gasteiger partial charge in [0.25, 0.3) is 0 Å². The van der Waals surface area contributed by atoms with E-state index in [1.807, 2.05) is 44.2 Å². The van der Waals surface area contributed by atoms with Crippen molar-refractivity contribution in [2.75, 3.05) is 12.0 Å². The number of rotatable bonds is 3. The zero-order valence-corrected chi connectivity index (χ0v) is 7.95. The van der Waals surface area contributed by atoms with E-state index in [0.717, 1.165) is 5.69 Å². The van der Waals surface area contributed by atoms with Crippen LogP contribution in [0, 0.1) is 0 Å². The molecule has 70 valence electrons. The zero-order valence-electron chi connectivity index (χ0n) is 7.95. The molecule has 3 nitrogen and oxygen atoms in total. The lowest BCUT2D eigenvalue weighted by Gasteiger charge is -2.02. The maximum atomic E-state index is 5.15. The summed E-state index contributed by atoms with van der Waals surface area (Å²) < 4.78 is 5.15. The fourth-order valence-corrected chi connectivity index (χ4v) is 0.897. The van der Waals surface area contributed by atoms with Crippen LogP contribution in [0.25, 0.3) is 0 Å². The van der Waals surface area contributed by atoms with Crippen molar-refractivity contribution in [3.63, 3.8) is 0 Å². The van der Waals surface area contributed by atoms with E-state index in [2.05, 4.69) is 10.5 Å². The molecule has 0 aliphatic heterocycles. The van der Waals surface area contributed by atoms with Gasteiger partial charge in [-0.05, 0) is 19.1 Å². The molecule has 0 heterocycles. The zero-order chi connectivity index (χ0) is 9.52. The van der Waals surface area contributed by atoms with Gasteiger partial charge in [0.2, 0.25) is 5.90 Å². The number of para-hydroxylation sites is 1. The molecule has 0 radical (unpaired) electrons. The summed E-state index contributed by atoms with van der Waals surface area (Å²) in [5.41, 5.74) is 3.85. The highest BCUT2D eigenvalue weighted by molar-refractivity contribution is 5.74. The molecule has 0 aliphatic rings. The Kier molecular flexibility index (Phi) is 3.82. The number of nitrogens with zero attached hydrogens (tertiary/aromatic N) is 1. The summed E-state index contributed by atoms with van der Waals surface area (Å²) in [5, 5.41) is 4.03. The van der Waals surface area contributed by atoms with Gasteiger partial charge in [0.15, 0.2) is 0 Å². The summed E-state index contributed by atoms with van der Waals surface area (Å²) in [5.74, 6) is 0.645. The van der Waals surface area contributed by atoms with Gasteiger partial charge >= 0.3 is 0 Å². The Morgan fingerprint density at radius 1 is 1.38 bits per heavy atom. The minimum atomic E-state index is 0.645. The average Bonchev–Trinajstić information content (AvgIpc) is 2.17. The molecule has 1 aromatic rings. The number of nitrogens with one attached hydrogen (secondary N) is 1. The highest BCUT2D eigenvalue weighted by Crippen LogP contribution is 2.04. The second kappa shape index (κ2) is 5.19. The van der Waals surface area contributed by atoms with Crippen LogP contribution in [-0.4, -0.2) is 12.5 Å². The summed E-state index contributed by atoms with van der Waals surface area (Å²) in [6, 6.07) is 9.76. The maximum absolute atomic E-state index is 5.15. The summed E-state index contributed by atoms with van der Waals surface area (Å²) in [7, 11) is 0. The average molecular weight is 178 g/mol. The minimum Gasteiger partial charge on any atom is -0.480 e. The topological polar surface area (TPSA) is 33.6 Å². The van der Waals surface area contributed by atoms with Crippen LogP contribution in [0.3, 0.4) is 0 Å². The summed E-state index contributed by atoms with van der Waals surface area (Å²) in [6.07, 6.45) is 0. The van der Waals surface area contributed by atoms with Gasteiger partial charge in [-0.2, -0.15) is 0 Å². The van der Waals surface area contributed by atoms with E-state index < -0.39 is 0 Å². The predicted molar refractivity (Wildman–Crippen MR) is 54.8 cm³/mol. The smallest absolute Gasteiger partial charge is 0.202 e. The largest absolute Gasteiger partial charge is 0.480 e. The molecule has 0 saturated carbocycles. The van der Waals surface area contributed by atoms with Crippen molar-refractivity contribution >= 4 is 11.6 Å². The van der Waals surface area contributed by atoms with Crippen LogP contribution in [0.4, 0.5) is 5.69 Å². The van der Waals surface area contributed by atoms with Gasteiger partial charge in [-0.1, -0.05) is 18.2 Å². The monoisotopic (exact) mass is 178 g/mol. The number of hydrazone groups is 1. The first-order chi connectivity index (χ1) is 6.33. The minimum absolute atomic E-state index is 0.645. The van der Waals surface area contributed by atoms with Crippen molar-refractivity contribution in [1.82, 2.24) is 0 Å².